The van der Waals surface area contributed by atoms with Crippen LogP contribution in [0.4, 0.5) is 0 Å². The minimum absolute atomic E-state index is 0.156. The van der Waals surface area contributed by atoms with E-state index in [-0.39, 0.29) is 10.1 Å². The van der Waals surface area contributed by atoms with E-state index in [4.69, 9.17) is 0 Å². The molecule has 0 saturated heterocycles. The Bertz CT molecular complexity index is 601. The molecular formula is C9H10N4O2S. The number of aryl methyl sites for hydroxylation is 2. The van der Waals surface area contributed by atoms with E-state index in [1.807, 2.05) is 6.92 Å². The zero-order valence-electron chi connectivity index (χ0n) is 8.82. The lowest BCUT2D eigenvalue weighted by Crippen LogP contribution is -2.09. The minimum atomic E-state index is -3.62. The molecule has 16 heavy (non-hydrogen) atoms. The molecule has 0 fully saturated rings. The highest BCUT2D eigenvalue weighted by molar-refractivity contribution is 7.91. The van der Waals surface area contributed by atoms with Crippen LogP contribution in [0.5, 0.6) is 0 Å². The molecule has 0 bridgehead atoms. The first-order valence-electron chi connectivity index (χ1n) is 4.56. The maximum absolute atomic E-state index is 12.1. The van der Waals surface area contributed by atoms with Crippen molar-refractivity contribution in [2.24, 2.45) is 7.05 Å². The highest BCUT2D eigenvalue weighted by atomic mass is 32.2. The van der Waals surface area contributed by atoms with Crippen LogP contribution in [0.2, 0.25) is 0 Å². The third-order valence-electron chi connectivity index (χ3n) is 2.15. The molecule has 0 N–H and O–H groups in total. The van der Waals surface area contributed by atoms with E-state index in [0.717, 1.165) is 10.2 Å². The standard InChI is InChI=1S/C9H10N4O2S/c1-7-3-5-8(6-4-7)16(14,15)9-10-11-12-13(9)2/h3-6H,1-2H3. The van der Waals surface area contributed by atoms with Crippen LogP contribution >= 0.6 is 0 Å². The quantitative estimate of drug-likeness (QED) is 0.754. The molecule has 0 atom stereocenters. The van der Waals surface area contributed by atoms with Crippen molar-refractivity contribution >= 4 is 9.84 Å². The summed E-state index contributed by atoms with van der Waals surface area (Å²) in [4.78, 5) is 0.191. The number of nitrogens with zero attached hydrogens (tertiary/aromatic N) is 4. The fourth-order valence-corrected chi connectivity index (χ4v) is 2.51. The van der Waals surface area contributed by atoms with Crippen LogP contribution in [0.1, 0.15) is 5.56 Å². The summed E-state index contributed by atoms with van der Waals surface area (Å²) in [5.41, 5.74) is 0.995. The van der Waals surface area contributed by atoms with Crippen molar-refractivity contribution < 1.29 is 8.42 Å². The molecule has 2 rings (SSSR count). The van der Waals surface area contributed by atoms with Crippen LogP contribution in [0, 0.1) is 6.92 Å². The molecule has 0 radical (unpaired) electrons. The van der Waals surface area contributed by atoms with Crippen molar-refractivity contribution in [3.8, 4) is 0 Å². The second kappa shape index (κ2) is 3.67. The van der Waals surface area contributed by atoms with Gasteiger partial charge < -0.3 is 0 Å². The SMILES string of the molecule is Cc1ccc(S(=O)(=O)c2nnnn2C)cc1. The molecular weight excluding hydrogens is 228 g/mol. The van der Waals surface area contributed by atoms with Crippen LogP contribution in [0.25, 0.3) is 0 Å². The van der Waals surface area contributed by atoms with Gasteiger partial charge in [0.05, 0.1) is 4.90 Å². The van der Waals surface area contributed by atoms with Crippen molar-refractivity contribution in [3.05, 3.63) is 29.8 Å². The van der Waals surface area contributed by atoms with Gasteiger partial charge in [-0.2, -0.15) is 0 Å². The number of hydrogen-bond donors (Lipinski definition) is 0. The van der Waals surface area contributed by atoms with E-state index in [0.29, 0.717) is 0 Å². The molecule has 0 aliphatic heterocycles. The average molecular weight is 238 g/mol. The Morgan fingerprint density at radius 1 is 1.19 bits per heavy atom. The number of sulfone groups is 1. The van der Waals surface area contributed by atoms with Crippen molar-refractivity contribution in [2.75, 3.05) is 0 Å². The van der Waals surface area contributed by atoms with Crippen LogP contribution in [-0.2, 0) is 16.9 Å². The van der Waals surface area contributed by atoms with Gasteiger partial charge in [0.15, 0.2) is 0 Å². The summed E-state index contributed by atoms with van der Waals surface area (Å²) >= 11 is 0. The van der Waals surface area contributed by atoms with E-state index in [2.05, 4.69) is 15.5 Å². The maximum atomic E-state index is 12.1. The Morgan fingerprint density at radius 2 is 1.81 bits per heavy atom. The van der Waals surface area contributed by atoms with Gasteiger partial charge in [-0.05, 0) is 29.5 Å². The summed E-state index contributed by atoms with van der Waals surface area (Å²) < 4.78 is 25.3. The van der Waals surface area contributed by atoms with Gasteiger partial charge in [-0.1, -0.05) is 22.8 Å². The zero-order chi connectivity index (χ0) is 11.8. The average Bonchev–Trinajstić information content (AvgIpc) is 2.66. The molecule has 0 amide bonds. The van der Waals surface area contributed by atoms with Crippen molar-refractivity contribution in [1.29, 1.82) is 0 Å². The first-order valence-corrected chi connectivity index (χ1v) is 6.04. The Morgan fingerprint density at radius 3 is 2.31 bits per heavy atom. The highest BCUT2D eigenvalue weighted by Gasteiger charge is 2.23. The van der Waals surface area contributed by atoms with Crippen LogP contribution < -0.4 is 0 Å². The molecule has 0 spiro atoms. The molecule has 0 aliphatic rings. The van der Waals surface area contributed by atoms with Gasteiger partial charge in [0, 0.05) is 7.05 Å². The van der Waals surface area contributed by atoms with Gasteiger partial charge in [-0.15, -0.1) is 0 Å². The Balaban J connectivity index is 2.56. The maximum Gasteiger partial charge on any atom is 0.272 e. The fourth-order valence-electron chi connectivity index (χ4n) is 1.27. The first-order chi connectivity index (χ1) is 7.51. The number of aromatic nitrogens is 4. The molecule has 6 nitrogen and oxygen atoms in total. The second-order valence-corrected chi connectivity index (χ2v) is 5.24. The molecule has 84 valence electrons. The lowest BCUT2D eigenvalue weighted by Gasteiger charge is -2.02. The zero-order valence-corrected chi connectivity index (χ0v) is 9.64. The molecule has 0 aliphatic carbocycles. The summed E-state index contributed by atoms with van der Waals surface area (Å²) in [6, 6.07) is 6.55. The summed E-state index contributed by atoms with van der Waals surface area (Å²) in [6.07, 6.45) is 0. The molecule has 2 aromatic rings. The van der Waals surface area contributed by atoms with Crippen LogP contribution in [0.15, 0.2) is 34.3 Å². The van der Waals surface area contributed by atoms with Gasteiger partial charge in [-0.25, -0.2) is 13.1 Å². The number of benzene rings is 1. The number of rotatable bonds is 2. The van der Waals surface area contributed by atoms with E-state index < -0.39 is 9.84 Å². The lowest BCUT2D eigenvalue weighted by atomic mass is 10.2. The summed E-state index contributed by atoms with van der Waals surface area (Å²) in [7, 11) is -2.13. The van der Waals surface area contributed by atoms with Crippen molar-refractivity contribution in [3.63, 3.8) is 0 Å². The summed E-state index contributed by atoms with van der Waals surface area (Å²) in [5, 5.41) is 10.2. The summed E-state index contributed by atoms with van der Waals surface area (Å²) in [6.45, 7) is 1.89. The van der Waals surface area contributed by atoms with E-state index in [1.54, 1.807) is 24.3 Å². The molecule has 7 heteroatoms. The van der Waals surface area contributed by atoms with E-state index >= 15 is 0 Å². The predicted octanol–water partition coefficient (Wildman–Crippen LogP) is 0.351. The lowest BCUT2D eigenvalue weighted by molar-refractivity contribution is 0.569. The first kappa shape index (κ1) is 10.7. The number of hydrogen-bond acceptors (Lipinski definition) is 5. The van der Waals surface area contributed by atoms with E-state index in [9.17, 15) is 8.42 Å². The summed E-state index contributed by atoms with van der Waals surface area (Å²) in [5.74, 6) is 0. The van der Waals surface area contributed by atoms with Gasteiger partial charge in [0.25, 0.3) is 5.16 Å². The largest absolute Gasteiger partial charge is 0.272 e. The topological polar surface area (TPSA) is 77.7 Å². The third kappa shape index (κ3) is 1.69. The molecule has 0 unspecified atom stereocenters. The molecule has 0 saturated carbocycles. The predicted molar refractivity (Wildman–Crippen MR) is 55.4 cm³/mol. The smallest absolute Gasteiger partial charge is 0.219 e. The van der Waals surface area contributed by atoms with Gasteiger partial charge >= 0.3 is 0 Å². The highest BCUT2D eigenvalue weighted by Crippen LogP contribution is 2.17. The monoisotopic (exact) mass is 238 g/mol. The minimum Gasteiger partial charge on any atom is -0.219 e. The Hall–Kier alpha value is -1.76. The van der Waals surface area contributed by atoms with Gasteiger partial charge in [-0.3, -0.25) is 0 Å². The molecule has 1 aromatic heterocycles. The van der Waals surface area contributed by atoms with Crippen LogP contribution in [0.3, 0.4) is 0 Å². The molecule has 1 heterocycles. The van der Waals surface area contributed by atoms with Gasteiger partial charge in [0.2, 0.25) is 9.84 Å². The van der Waals surface area contributed by atoms with Crippen molar-refractivity contribution in [1.82, 2.24) is 20.2 Å². The fraction of sp³-hybridized carbons (Fsp3) is 0.222. The van der Waals surface area contributed by atoms with E-state index in [1.165, 1.54) is 7.05 Å². The van der Waals surface area contributed by atoms with Crippen LogP contribution in [-0.4, -0.2) is 28.6 Å². The van der Waals surface area contributed by atoms with Gasteiger partial charge in [0.1, 0.15) is 0 Å². The molecule has 1 aromatic carbocycles. The normalized spacial score (nSPS) is 11.6. The second-order valence-electron chi connectivity index (χ2n) is 3.40. The Kier molecular flexibility index (Phi) is 2.47. The van der Waals surface area contributed by atoms with Crippen molar-refractivity contribution in [2.45, 2.75) is 17.0 Å². The Labute approximate surface area is 92.8 Å². The number of tetrazole rings is 1. The third-order valence-corrected chi connectivity index (χ3v) is 3.87.